The Hall–Kier alpha value is -2.74. The lowest BCUT2D eigenvalue weighted by molar-refractivity contribution is 0.0627. The van der Waals surface area contributed by atoms with E-state index in [2.05, 4.69) is 84.1 Å². The van der Waals surface area contributed by atoms with Gasteiger partial charge >= 0.3 is 0 Å². The van der Waals surface area contributed by atoms with Crippen molar-refractivity contribution in [2.45, 2.75) is 36.7 Å². The predicted octanol–water partition coefficient (Wildman–Crippen LogP) is 5.79. The van der Waals surface area contributed by atoms with Crippen LogP contribution < -0.4 is 5.48 Å². The highest BCUT2D eigenvalue weighted by Gasteiger charge is 2.25. The van der Waals surface area contributed by atoms with Gasteiger partial charge in [-0.25, -0.2) is 5.48 Å². The number of benzene rings is 2. The third kappa shape index (κ3) is 3.96. The minimum Gasteiger partial charge on any atom is -0.272 e. The molecule has 1 atom stereocenters. The average molecular weight is 447 g/mol. The first-order valence-electron chi connectivity index (χ1n) is 10.1. The number of aliphatic imine (C=N–C) groups is 1. The Kier molecular flexibility index (Phi) is 5.48. The van der Waals surface area contributed by atoms with Crippen molar-refractivity contribution in [2.24, 2.45) is 4.99 Å². The van der Waals surface area contributed by atoms with Gasteiger partial charge in [0.05, 0.1) is 11.3 Å². The number of fused-ring (bicyclic) bond motifs is 1. The maximum atomic E-state index is 5.75. The first-order chi connectivity index (χ1) is 15.1. The van der Waals surface area contributed by atoms with Crippen LogP contribution in [0.5, 0.6) is 0 Å². The van der Waals surface area contributed by atoms with Gasteiger partial charge in [0.2, 0.25) is 0 Å². The number of amidine groups is 1. The standard InChI is InChI=1S/C24H22N4OS2/c1-14-11-12-21(30-14)19-13-29-28-23(25-19)22-15(2)16(3)26-27-24(22)31-20-10-6-8-17-7-4-5-9-18(17)20/h4-12,19H,13H2,1-3H3,(H,25,28)/t19-/m1/s1. The minimum absolute atomic E-state index is 0.0294. The van der Waals surface area contributed by atoms with Gasteiger partial charge in [-0.3, -0.25) is 9.83 Å². The van der Waals surface area contributed by atoms with E-state index in [9.17, 15) is 0 Å². The summed E-state index contributed by atoms with van der Waals surface area (Å²) in [7, 11) is 0. The molecule has 31 heavy (non-hydrogen) atoms. The number of rotatable bonds is 4. The molecule has 7 heteroatoms. The zero-order valence-corrected chi connectivity index (χ0v) is 19.2. The summed E-state index contributed by atoms with van der Waals surface area (Å²) in [5.41, 5.74) is 5.93. The fourth-order valence-corrected chi connectivity index (χ4v) is 5.61. The number of aryl methyl sites for hydroxylation is 2. The Morgan fingerprint density at radius 2 is 1.84 bits per heavy atom. The summed E-state index contributed by atoms with van der Waals surface area (Å²) in [5, 5.41) is 12.2. The van der Waals surface area contributed by atoms with E-state index in [4.69, 9.17) is 9.83 Å². The smallest absolute Gasteiger partial charge is 0.156 e. The Bertz CT molecular complexity index is 1290. The van der Waals surface area contributed by atoms with Crippen LogP contribution in [-0.2, 0) is 4.84 Å². The van der Waals surface area contributed by atoms with Gasteiger partial charge in [0.1, 0.15) is 17.7 Å². The zero-order chi connectivity index (χ0) is 21.4. The van der Waals surface area contributed by atoms with E-state index in [0.29, 0.717) is 12.4 Å². The Balaban J connectivity index is 1.59. The highest BCUT2D eigenvalue weighted by Crippen LogP contribution is 2.36. The normalized spacial score (nSPS) is 16.2. The van der Waals surface area contributed by atoms with E-state index < -0.39 is 0 Å². The van der Waals surface area contributed by atoms with Gasteiger partial charge in [0.15, 0.2) is 5.84 Å². The molecule has 0 radical (unpaired) electrons. The second kappa shape index (κ2) is 8.42. The SMILES string of the molecule is Cc1ccc([C@H]2CONC(c3c(Sc4cccc5ccccc45)nnc(C)c3C)=N2)s1. The molecule has 0 amide bonds. The summed E-state index contributed by atoms with van der Waals surface area (Å²) in [5.74, 6) is 0.709. The first kappa shape index (κ1) is 20.2. The Morgan fingerprint density at radius 1 is 1.00 bits per heavy atom. The van der Waals surface area contributed by atoms with Gasteiger partial charge in [0, 0.05) is 14.6 Å². The van der Waals surface area contributed by atoms with Crippen LogP contribution in [-0.4, -0.2) is 22.6 Å². The number of hydrogen-bond acceptors (Lipinski definition) is 7. The highest BCUT2D eigenvalue weighted by atomic mass is 32.2. The van der Waals surface area contributed by atoms with Crippen molar-refractivity contribution in [1.29, 1.82) is 0 Å². The van der Waals surface area contributed by atoms with Crippen molar-refractivity contribution in [3.05, 3.63) is 81.2 Å². The number of hydroxylamine groups is 1. The van der Waals surface area contributed by atoms with Crippen LogP contribution in [0.3, 0.4) is 0 Å². The van der Waals surface area contributed by atoms with E-state index in [0.717, 1.165) is 26.7 Å². The molecular weight excluding hydrogens is 424 g/mol. The van der Waals surface area contributed by atoms with E-state index in [1.165, 1.54) is 20.5 Å². The van der Waals surface area contributed by atoms with Gasteiger partial charge in [-0.05, 0) is 55.3 Å². The van der Waals surface area contributed by atoms with Gasteiger partial charge in [-0.1, -0.05) is 48.2 Å². The van der Waals surface area contributed by atoms with E-state index in [-0.39, 0.29) is 6.04 Å². The molecular formula is C24H22N4OS2. The molecule has 2 aromatic carbocycles. The largest absolute Gasteiger partial charge is 0.272 e. The zero-order valence-electron chi connectivity index (χ0n) is 17.5. The van der Waals surface area contributed by atoms with Crippen LogP contribution >= 0.6 is 23.1 Å². The molecule has 0 unspecified atom stereocenters. The maximum Gasteiger partial charge on any atom is 0.156 e. The predicted molar refractivity (Wildman–Crippen MR) is 127 cm³/mol. The average Bonchev–Trinajstić information content (AvgIpc) is 3.23. The molecule has 3 heterocycles. The van der Waals surface area contributed by atoms with Gasteiger partial charge in [0.25, 0.3) is 0 Å². The van der Waals surface area contributed by atoms with Gasteiger partial charge < -0.3 is 0 Å². The quantitative estimate of drug-likeness (QED) is 0.430. The van der Waals surface area contributed by atoms with E-state index in [1.807, 2.05) is 6.92 Å². The molecule has 1 aliphatic rings. The van der Waals surface area contributed by atoms with Crippen LogP contribution in [0.4, 0.5) is 0 Å². The fraction of sp³-hybridized carbons (Fsp3) is 0.208. The number of thiophene rings is 1. The fourth-order valence-electron chi connectivity index (χ4n) is 3.63. The molecule has 1 N–H and O–H groups in total. The van der Waals surface area contributed by atoms with Gasteiger partial charge in [-0.15, -0.1) is 16.4 Å². The van der Waals surface area contributed by atoms with Crippen molar-refractivity contribution in [3.8, 4) is 0 Å². The number of aromatic nitrogens is 2. The van der Waals surface area contributed by atoms with Crippen LogP contribution in [0, 0.1) is 20.8 Å². The van der Waals surface area contributed by atoms with Crippen LogP contribution in [0.1, 0.15) is 32.6 Å². The molecule has 0 spiro atoms. The molecule has 156 valence electrons. The number of hydrogen-bond donors (Lipinski definition) is 1. The second-order valence-electron chi connectivity index (χ2n) is 7.52. The molecule has 0 saturated heterocycles. The van der Waals surface area contributed by atoms with Crippen LogP contribution in [0.2, 0.25) is 0 Å². The highest BCUT2D eigenvalue weighted by molar-refractivity contribution is 7.99. The summed E-state index contributed by atoms with van der Waals surface area (Å²) >= 11 is 3.37. The summed E-state index contributed by atoms with van der Waals surface area (Å²) in [4.78, 5) is 14.4. The monoisotopic (exact) mass is 446 g/mol. The van der Waals surface area contributed by atoms with E-state index in [1.54, 1.807) is 23.1 Å². The summed E-state index contributed by atoms with van der Waals surface area (Å²) in [6.45, 7) is 6.66. The minimum atomic E-state index is -0.0294. The lowest BCUT2D eigenvalue weighted by Gasteiger charge is -2.23. The summed E-state index contributed by atoms with van der Waals surface area (Å²) in [6, 6.07) is 18.9. The third-order valence-corrected chi connectivity index (χ3v) is 7.56. The Morgan fingerprint density at radius 3 is 2.68 bits per heavy atom. The lowest BCUT2D eigenvalue weighted by atomic mass is 10.1. The molecule has 0 saturated carbocycles. The second-order valence-corrected chi connectivity index (χ2v) is 9.88. The summed E-state index contributed by atoms with van der Waals surface area (Å²) in [6.07, 6.45) is 0. The van der Waals surface area contributed by atoms with E-state index >= 15 is 0 Å². The third-order valence-electron chi connectivity index (χ3n) is 5.40. The number of nitrogens with one attached hydrogen (secondary N) is 1. The molecule has 5 nitrogen and oxygen atoms in total. The topological polar surface area (TPSA) is 59.4 Å². The van der Waals surface area contributed by atoms with Crippen LogP contribution in [0.25, 0.3) is 10.8 Å². The molecule has 0 fully saturated rings. The molecule has 0 bridgehead atoms. The molecule has 2 aromatic heterocycles. The van der Waals surface area contributed by atoms with Crippen molar-refractivity contribution < 1.29 is 4.84 Å². The lowest BCUT2D eigenvalue weighted by Crippen LogP contribution is -2.33. The van der Waals surface area contributed by atoms with Gasteiger partial charge in [-0.2, -0.15) is 5.10 Å². The Labute approximate surface area is 189 Å². The van der Waals surface area contributed by atoms with Crippen molar-refractivity contribution in [1.82, 2.24) is 15.7 Å². The van der Waals surface area contributed by atoms with Crippen molar-refractivity contribution in [3.63, 3.8) is 0 Å². The van der Waals surface area contributed by atoms with Crippen molar-refractivity contribution in [2.75, 3.05) is 6.61 Å². The first-order valence-corrected chi connectivity index (χ1v) is 11.8. The molecule has 4 aromatic rings. The van der Waals surface area contributed by atoms with Crippen molar-refractivity contribution >= 4 is 39.7 Å². The maximum absolute atomic E-state index is 5.75. The number of nitrogens with zero attached hydrogens (tertiary/aromatic N) is 3. The van der Waals surface area contributed by atoms with Crippen LogP contribution in [0.15, 0.2) is 69.5 Å². The molecule has 0 aliphatic carbocycles. The summed E-state index contributed by atoms with van der Waals surface area (Å²) < 4.78 is 0. The molecule has 1 aliphatic heterocycles. The molecule has 5 rings (SSSR count).